The molecule has 0 bridgehead atoms. The van der Waals surface area contributed by atoms with E-state index in [1.165, 1.54) is 11.6 Å². The predicted molar refractivity (Wildman–Crippen MR) is 43.4 cm³/mol. The quantitative estimate of drug-likeness (QED) is 0.195. The third-order valence-electron chi connectivity index (χ3n) is 2.09. The summed E-state index contributed by atoms with van der Waals surface area (Å²) < 4.78 is 6.26. The van der Waals surface area contributed by atoms with E-state index in [1.54, 1.807) is 0 Å². The Hall–Kier alpha value is -0.280. The van der Waals surface area contributed by atoms with Crippen LogP contribution in [0.3, 0.4) is 0 Å². The van der Waals surface area contributed by atoms with Crippen molar-refractivity contribution in [2.75, 3.05) is 13.7 Å². The minimum atomic E-state index is -1.57. The Morgan fingerprint density at radius 1 is 1.07 bits per heavy atom. The maximum Gasteiger partial charge on any atom is 0.214 e. The van der Waals surface area contributed by atoms with E-state index in [0.717, 1.165) is 0 Å². The van der Waals surface area contributed by atoms with Gasteiger partial charge < -0.3 is 25.2 Å². The van der Waals surface area contributed by atoms with Crippen molar-refractivity contribution in [3.63, 3.8) is 0 Å². The molecule has 14 heavy (non-hydrogen) atoms. The van der Waals surface area contributed by atoms with Crippen molar-refractivity contribution in [1.29, 1.82) is 0 Å². The summed E-state index contributed by atoms with van der Waals surface area (Å²) in [6.07, 6.45) is -6.96. The molecule has 5 N–H and O–H groups in total. The zero-order chi connectivity index (χ0) is 10.9. The van der Waals surface area contributed by atoms with Gasteiger partial charge in [0, 0.05) is 0 Å². The summed E-state index contributed by atoms with van der Waals surface area (Å²) in [6, 6.07) is 0. The summed E-state index contributed by atoms with van der Waals surface area (Å²) >= 11 is 0. The van der Waals surface area contributed by atoms with Crippen molar-refractivity contribution >= 4 is 0 Å². The zero-order valence-electron chi connectivity index (χ0n) is 7.65. The Bertz CT molecular complexity index is 185. The van der Waals surface area contributed by atoms with Crippen LogP contribution in [0.2, 0.25) is 0 Å². The van der Waals surface area contributed by atoms with E-state index in [0.29, 0.717) is 0 Å². The van der Waals surface area contributed by atoms with E-state index in [1.807, 2.05) is 0 Å². The van der Waals surface area contributed by atoms with Gasteiger partial charge in [-0.05, 0) is 0 Å². The molecule has 0 amide bonds. The molecule has 0 unspecified atom stereocenters. The van der Waals surface area contributed by atoms with E-state index in [2.05, 4.69) is 0 Å². The number of rotatable bonds is 2. The topological polar surface area (TPSA) is 113 Å². The smallest absolute Gasteiger partial charge is 0.214 e. The van der Waals surface area contributed by atoms with Crippen molar-refractivity contribution in [3.05, 3.63) is 0 Å². The van der Waals surface area contributed by atoms with E-state index in [4.69, 9.17) is 20.2 Å². The first-order valence-electron chi connectivity index (χ1n) is 4.13. The standard InChI is InChI=1S/C7H15O7/c1-14(12)2-3-4(8)5(9)6(10)7(11)13-3/h3-12H,2H2,1H3/q+1/t3-,4+,5+,6-,7-/m1/s1. The summed E-state index contributed by atoms with van der Waals surface area (Å²) in [4.78, 5) is 0. The normalized spacial score (nSPS) is 44.4. The fraction of sp³-hybridized carbons (Fsp3) is 1.00. The van der Waals surface area contributed by atoms with Gasteiger partial charge in [0.2, 0.25) is 6.61 Å². The second-order valence-electron chi connectivity index (χ2n) is 3.30. The molecule has 7 heteroatoms. The van der Waals surface area contributed by atoms with Gasteiger partial charge in [-0.3, -0.25) is 0 Å². The molecule has 1 heterocycles. The fourth-order valence-electron chi connectivity index (χ4n) is 1.31. The Kier molecular flexibility index (Phi) is 3.78. The maximum absolute atomic E-state index is 9.38. The van der Waals surface area contributed by atoms with Crippen LogP contribution in [0.25, 0.3) is 0 Å². The second-order valence-corrected chi connectivity index (χ2v) is 3.30. The van der Waals surface area contributed by atoms with Crippen molar-refractivity contribution < 1.29 is 34.9 Å². The Labute approximate surface area is 80.4 Å². The third kappa shape index (κ3) is 2.39. The van der Waals surface area contributed by atoms with Gasteiger partial charge in [0.05, 0.1) is 0 Å². The Balaban J connectivity index is 2.60. The summed E-state index contributed by atoms with van der Waals surface area (Å²) in [5, 5.41) is 45.6. The van der Waals surface area contributed by atoms with Gasteiger partial charge in [-0.2, -0.15) is 0 Å². The lowest BCUT2D eigenvalue weighted by atomic mass is 9.99. The molecular weight excluding hydrogens is 196 g/mol. The lowest BCUT2D eigenvalue weighted by molar-refractivity contribution is -0.429. The molecule has 0 aromatic carbocycles. The molecule has 0 radical (unpaired) electrons. The highest BCUT2D eigenvalue weighted by atomic mass is 17.2. The molecule has 1 aliphatic heterocycles. The van der Waals surface area contributed by atoms with Crippen LogP contribution < -0.4 is 0 Å². The molecule has 0 saturated carbocycles. The molecular formula is C7H15O7+. The minimum Gasteiger partial charge on any atom is -0.387 e. The van der Waals surface area contributed by atoms with Crippen LogP contribution >= 0.6 is 0 Å². The summed E-state index contributed by atoms with van der Waals surface area (Å²) in [5.41, 5.74) is 0. The third-order valence-corrected chi connectivity index (χ3v) is 2.09. The van der Waals surface area contributed by atoms with E-state index >= 15 is 0 Å². The highest BCUT2D eigenvalue weighted by Crippen LogP contribution is 2.20. The number of ether oxygens (including phenoxy) is 1. The first kappa shape index (κ1) is 11.8. The first-order chi connectivity index (χ1) is 6.43. The second kappa shape index (κ2) is 4.49. The lowest BCUT2D eigenvalue weighted by Gasteiger charge is -2.37. The number of hydrogen-bond acceptors (Lipinski definition) is 6. The van der Waals surface area contributed by atoms with Crippen LogP contribution in [-0.2, 0) is 9.25 Å². The molecule has 1 saturated heterocycles. The Morgan fingerprint density at radius 3 is 2.14 bits per heavy atom. The van der Waals surface area contributed by atoms with Crippen LogP contribution in [0.1, 0.15) is 0 Å². The number of hydrogen-bond donors (Lipinski definition) is 5. The minimum absolute atomic E-state index is 0.165. The number of aliphatic hydroxyl groups is 4. The van der Waals surface area contributed by atoms with E-state index < -0.39 is 30.7 Å². The molecule has 0 spiro atoms. The van der Waals surface area contributed by atoms with E-state index in [9.17, 15) is 10.2 Å². The van der Waals surface area contributed by atoms with Gasteiger partial charge in [0.25, 0.3) is 0 Å². The van der Waals surface area contributed by atoms with Crippen molar-refractivity contribution in [1.82, 2.24) is 0 Å². The van der Waals surface area contributed by atoms with Gasteiger partial charge >= 0.3 is 0 Å². The van der Waals surface area contributed by atoms with Crippen LogP contribution in [0.15, 0.2) is 0 Å². The molecule has 7 nitrogen and oxygen atoms in total. The van der Waals surface area contributed by atoms with Crippen molar-refractivity contribution in [2.45, 2.75) is 30.7 Å². The van der Waals surface area contributed by atoms with Gasteiger partial charge in [0.15, 0.2) is 19.5 Å². The molecule has 0 aromatic heterocycles. The van der Waals surface area contributed by atoms with Gasteiger partial charge in [-0.1, -0.05) is 0 Å². The summed E-state index contributed by atoms with van der Waals surface area (Å²) in [5.74, 6) is 0. The highest BCUT2D eigenvalue weighted by molar-refractivity contribution is 4.88. The lowest BCUT2D eigenvalue weighted by Crippen LogP contribution is -2.59. The SMILES string of the molecule is C[O+](O)C[C@H]1O[C@@H](O)[C@H](O)[C@@H](O)[C@H]1O. The van der Waals surface area contributed by atoms with Gasteiger partial charge in [-0.15, -0.1) is 5.26 Å². The van der Waals surface area contributed by atoms with Crippen LogP contribution in [0, 0.1) is 0 Å². The summed E-state index contributed by atoms with van der Waals surface area (Å²) in [6.45, 7) is -0.165. The van der Waals surface area contributed by atoms with Crippen LogP contribution in [-0.4, -0.2) is 70.1 Å². The first-order valence-corrected chi connectivity index (χ1v) is 4.13. The Morgan fingerprint density at radius 2 is 1.64 bits per heavy atom. The molecule has 0 aromatic rings. The van der Waals surface area contributed by atoms with Crippen LogP contribution in [0.5, 0.6) is 0 Å². The number of aliphatic hydroxyl groups excluding tert-OH is 4. The molecule has 1 fully saturated rings. The van der Waals surface area contributed by atoms with Crippen molar-refractivity contribution in [3.8, 4) is 0 Å². The highest BCUT2D eigenvalue weighted by Gasteiger charge is 2.44. The zero-order valence-corrected chi connectivity index (χ0v) is 7.65. The molecule has 5 atom stereocenters. The predicted octanol–water partition coefficient (Wildman–Crippen LogP) is -2.56. The molecule has 0 aliphatic carbocycles. The van der Waals surface area contributed by atoms with E-state index in [-0.39, 0.29) is 6.61 Å². The average molecular weight is 211 g/mol. The van der Waals surface area contributed by atoms with Gasteiger partial charge in [-0.25, -0.2) is 4.52 Å². The van der Waals surface area contributed by atoms with Gasteiger partial charge in [0.1, 0.15) is 18.3 Å². The molecule has 84 valence electrons. The molecule has 1 aliphatic rings. The largest absolute Gasteiger partial charge is 0.387 e. The maximum atomic E-state index is 9.38. The summed E-state index contributed by atoms with van der Waals surface area (Å²) in [7, 11) is 1.25. The van der Waals surface area contributed by atoms with Crippen LogP contribution in [0.4, 0.5) is 0 Å². The monoisotopic (exact) mass is 211 g/mol. The van der Waals surface area contributed by atoms with Crippen molar-refractivity contribution in [2.24, 2.45) is 0 Å². The molecule has 1 rings (SSSR count). The average Bonchev–Trinajstić information content (AvgIpc) is 2.10. The fourth-order valence-corrected chi connectivity index (χ4v) is 1.31.